The zero-order valence-electron chi connectivity index (χ0n) is 9.40. The standard InChI is InChI=1S/C10H15N3OS2/c1-6-5-15-4-3-13(6)9(14)8-7(2)12-10(11)16-8/h6H,3-5H2,1-2H3,(H2,11,12). The van der Waals surface area contributed by atoms with Gasteiger partial charge in [0.25, 0.3) is 5.91 Å². The van der Waals surface area contributed by atoms with Gasteiger partial charge in [-0.25, -0.2) is 4.98 Å². The van der Waals surface area contributed by atoms with Gasteiger partial charge in [0.15, 0.2) is 5.13 Å². The maximum absolute atomic E-state index is 12.3. The van der Waals surface area contributed by atoms with Gasteiger partial charge >= 0.3 is 0 Å². The Balaban J connectivity index is 2.21. The molecule has 2 heterocycles. The van der Waals surface area contributed by atoms with E-state index < -0.39 is 0 Å². The number of rotatable bonds is 1. The van der Waals surface area contributed by atoms with Gasteiger partial charge in [-0.05, 0) is 13.8 Å². The Labute approximate surface area is 103 Å². The number of hydrogen-bond acceptors (Lipinski definition) is 5. The summed E-state index contributed by atoms with van der Waals surface area (Å²) in [4.78, 5) is 19.0. The smallest absolute Gasteiger partial charge is 0.266 e. The van der Waals surface area contributed by atoms with E-state index in [9.17, 15) is 4.79 Å². The van der Waals surface area contributed by atoms with Crippen molar-refractivity contribution in [3.05, 3.63) is 10.6 Å². The number of thiazole rings is 1. The Bertz CT molecular complexity index is 405. The molecule has 0 spiro atoms. The zero-order chi connectivity index (χ0) is 11.7. The molecule has 6 heteroatoms. The van der Waals surface area contributed by atoms with E-state index in [1.807, 2.05) is 23.6 Å². The van der Waals surface area contributed by atoms with Crippen molar-refractivity contribution < 1.29 is 4.79 Å². The molecule has 1 aromatic rings. The van der Waals surface area contributed by atoms with E-state index in [0.29, 0.717) is 16.1 Å². The minimum absolute atomic E-state index is 0.0829. The monoisotopic (exact) mass is 257 g/mol. The molecular weight excluding hydrogens is 242 g/mol. The Morgan fingerprint density at radius 1 is 1.62 bits per heavy atom. The highest BCUT2D eigenvalue weighted by atomic mass is 32.2. The van der Waals surface area contributed by atoms with Gasteiger partial charge in [-0.2, -0.15) is 11.8 Å². The summed E-state index contributed by atoms with van der Waals surface area (Å²) in [5.41, 5.74) is 6.36. The molecular formula is C10H15N3OS2. The predicted molar refractivity (Wildman–Crippen MR) is 69.1 cm³/mol. The van der Waals surface area contributed by atoms with E-state index in [2.05, 4.69) is 11.9 Å². The van der Waals surface area contributed by atoms with Crippen molar-refractivity contribution in [1.82, 2.24) is 9.88 Å². The van der Waals surface area contributed by atoms with Crippen LogP contribution in [0, 0.1) is 6.92 Å². The quantitative estimate of drug-likeness (QED) is 0.830. The first kappa shape index (κ1) is 11.7. The number of anilines is 1. The van der Waals surface area contributed by atoms with E-state index in [4.69, 9.17) is 5.73 Å². The first-order valence-electron chi connectivity index (χ1n) is 5.21. The van der Waals surface area contributed by atoms with E-state index in [-0.39, 0.29) is 5.91 Å². The summed E-state index contributed by atoms with van der Waals surface area (Å²) in [6, 6.07) is 0.300. The lowest BCUT2D eigenvalue weighted by Gasteiger charge is -2.32. The van der Waals surface area contributed by atoms with Crippen molar-refractivity contribution >= 4 is 34.1 Å². The van der Waals surface area contributed by atoms with Crippen molar-refractivity contribution in [2.75, 3.05) is 23.8 Å². The second-order valence-electron chi connectivity index (χ2n) is 3.89. The molecule has 1 fully saturated rings. The topological polar surface area (TPSA) is 59.2 Å². The summed E-state index contributed by atoms with van der Waals surface area (Å²) in [6.45, 7) is 4.75. The van der Waals surface area contributed by atoms with Crippen LogP contribution in [0.25, 0.3) is 0 Å². The van der Waals surface area contributed by atoms with Crippen LogP contribution in [0.5, 0.6) is 0 Å². The van der Waals surface area contributed by atoms with Crippen molar-refractivity contribution in [3.63, 3.8) is 0 Å². The van der Waals surface area contributed by atoms with Crippen LogP contribution in [0.15, 0.2) is 0 Å². The highest BCUT2D eigenvalue weighted by Crippen LogP contribution is 2.24. The summed E-state index contributed by atoms with van der Waals surface area (Å²) in [5, 5.41) is 0.472. The van der Waals surface area contributed by atoms with Crippen LogP contribution < -0.4 is 5.73 Å². The van der Waals surface area contributed by atoms with Crippen molar-refractivity contribution in [2.24, 2.45) is 0 Å². The maximum Gasteiger partial charge on any atom is 0.266 e. The molecule has 88 valence electrons. The number of nitrogens with two attached hydrogens (primary N) is 1. The fourth-order valence-electron chi connectivity index (χ4n) is 1.78. The molecule has 0 radical (unpaired) electrons. The van der Waals surface area contributed by atoms with Crippen LogP contribution in [0.4, 0.5) is 5.13 Å². The molecule has 1 aliphatic heterocycles. The van der Waals surface area contributed by atoms with Gasteiger partial charge in [-0.15, -0.1) is 0 Å². The van der Waals surface area contributed by atoms with Crippen molar-refractivity contribution in [2.45, 2.75) is 19.9 Å². The van der Waals surface area contributed by atoms with Crippen LogP contribution in [-0.2, 0) is 0 Å². The fourth-order valence-corrected chi connectivity index (χ4v) is 3.58. The number of amides is 1. The predicted octanol–water partition coefficient (Wildman–Crippen LogP) is 1.61. The van der Waals surface area contributed by atoms with Crippen molar-refractivity contribution in [3.8, 4) is 0 Å². The van der Waals surface area contributed by atoms with Gasteiger partial charge < -0.3 is 10.6 Å². The third-order valence-electron chi connectivity index (χ3n) is 2.64. The number of carbonyl (C=O) groups excluding carboxylic acids is 1. The summed E-state index contributed by atoms with van der Waals surface area (Å²) >= 11 is 3.18. The second-order valence-corrected chi connectivity index (χ2v) is 6.07. The molecule has 0 aromatic carbocycles. The molecule has 16 heavy (non-hydrogen) atoms. The van der Waals surface area contributed by atoms with Gasteiger partial charge in [-0.3, -0.25) is 4.79 Å². The Kier molecular flexibility index (Phi) is 3.39. The first-order valence-corrected chi connectivity index (χ1v) is 7.18. The van der Waals surface area contributed by atoms with Crippen LogP contribution in [-0.4, -0.2) is 39.9 Å². The molecule has 2 N–H and O–H groups in total. The molecule has 4 nitrogen and oxygen atoms in total. The van der Waals surface area contributed by atoms with E-state index in [1.165, 1.54) is 11.3 Å². The first-order chi connectivity index (χ1) is 7.59. The Hall–Kier alpha value is -0.750. The average molecular weight is 257 g/mol. The molecule has 1 unspecified atom stereocenters. The fraction of sp³-hybridized carbons (Fsp3) is 0.600. The van der Waals surface area contributed by atoms with E-state index >= 15 is 0 Å². The second kappa shape index (κ2) is 4.63. The van der Waals surface area contributed by atoms with Gasteiger partial charge in [0.05, 0.1) is 5.69 Å². The van der Waals surface area contributed by atoms with Gasteiger partial charge in [-0.1, -0.05) is 11.3 Å². The molecule has 1 aromatic heterocycles. The SMILES string of the molecule is Cc1nc(N)sc1C(=O)N1CCSCC1C. The number of hydrogen-bond donors (Lipinski definition) is 1. The highest BCUT2D eigenvalue weighted by Gasteiger charge is 2.27. The minimum Gasteiger partial charge on any atom is -0.375 e. The molecule has 1 aliphatic rings. The summed E-state index contributed by atoms with van der Waals surface area (Å²) in [6.07, 6.45) is 0. The number of carbonyl (C=O) groups is 1. The third kappa shape index (κ3) is 2.17. The van der Waals surface area contributed by atoms with E-state index in [0.717, 1.165) is 23.7 Å². The zero-order valence-corrected chi connectivity index (χ0v) is 11.0. The maximum atomic E-state index is 12.3. The Morgan fingerprint density at radius 3 is 2.94 bits per heavy atom. The molecule has 1 amide bonds. The summed E-state index contributed by atoms with van der Waals surface area (Å²) in [7, 11) is 0. The molecule has 0 saturated carbocycles. The Morgan fingerprint density at radius 2 is 2.38 bits per heavy atom. The van der Waals surface area contributed by atoms with Gasteiger partial charge in [0.2, 0.25) is 0 Å². The van der Waals surface area contributed by atoms with Crippen LogP contribution in [0.3, 0.4) is 0 Å². The molecule has 0 aliphatic carbocycles. The number of nitrogen functional groups attached to an aromatic ring is 1. The summed E-state index contributed by atoms with van der Waals surface area (Å²) in [5.74, 6) is 2.11. The lowest BCUT2D eigenvalue weighted by molar-refractivity contribution is 0.0720. The third-order valence-corrected chi connectivity index (χ3v) is 4.80. The molecule has 0 bridgehead atoms. The van der Waals surface area contributed by atoms with Crippen LogP contribution >= 0.6 is 23.1 Å². The number of nitrogens with zero attached hydrogens (tertiary/aromatic N) is 2. The number of aryl methyl sites for hydroxylation is 1. The number of aromatic nitrogens is 1. The minimum atomic E-state index is 0.0829. The molecule has 1 saturated heterocycles. The van der Waals surface area contributed by atoms with Crippen molar-refractivity contribution in [1.29, 1.82) is 0 Å². The normalized spacial score (nSPS) is 21.1. The molecule has 1 atom stereocenters. The van der Waals surface area contributed by atoms with Crippen LogP contribution in [0.2, 0.25) is 0 Å². The average Bonchev–Trinajstić information content (AvgIpc) is 2.58. The lowest BCUT2D eigenvalue weighted by atomic mass is 10.2. The summed E-state index contributed by atoms with van der Waals surface area (Å²) < 4.78 is 0. The van der Waals surface area contributed by atoms with E-state index in [1.54, 1.807) is 0 Å². The molecule has 2 rings (SSSR count). The largest absolute Gasteiger partial charge is 0.375 e. The van der Waals surface area contributed by atoms with Gasteiger partial charge in [0, 0.05) is 24.1 Å². The lowest BCUT2D eigenvalue weighted by Crippen LogP contribution is -2.44. The van der Waals surface area contributed by atoms with Crippen LogP contribution in [0.1, 0.15) is 22.3 Å². The number of thioether (sulfide) groups is 1. The van der Waals surface area contributed by atoms with Gasteiger partial charge in [0.1, 0.15) is 4.88 Å². The highest BCUT2D eigenvalue weighted by molar-refractivity contribution is 7.99.